The third-order valence-electron chi connectivity index (χ3n) is 6.15. The van der Waals surface area contributed by atoms with Crippen LogP contribution in [0.2, 0.25) is 0 Å². The molecular formula is C16H25N3O2. The van der Waals surface area contributed by atoms with Gasteiger partial charge in [0.2, 0.25) is 11.8 Å². The molecule has 0 aromatic carbocycles. The van der Waals surface area contributed by atoms with Gasteiger partial charge in [0, 0.05) is 25.6 Å². The van der Waals surface area contributed by atoms with Crippen molar-refractivity contribution in [3.8, 4) is 0 Å². The summed E-state index contributed by atoms with van der Waals surface area (Å²) in [6, 6.07) is 0.360. The molecular weight excluding hydrogens is 266 g/mol. The number of fused-ring (bicyclic) bond motifs is 2. The first-order valence-electron chi connectivity index (χ1n) is 8.54. The molecule has 116 valence electrons. The Morgan fingerprint density at radius 2 is 2.05 bits per heavy atom. The molecule has 0 spiro atoms. The van der Waals surface area contributed by atoms with Crippen LogP contribution >= 0.6 is 0 Å². The van der Waals surface area contributed by atoms with E-state index >= 15 is 0 Å². The first-order chi connectivity index (χ1) is 10.2. The van der Waals surface area contributed by atoms with Crippen molar-refractivity contribution in [3.05, 3.63) is 0 Å². The van der Waals surface area contributed by atoms with E-state index in [1.54, 1.807) is 0 Å². The van der Waals surface area contributed by atoms with Crippen LogP contribution in [0.25, 0.3) is 0 Å². The highest BCUT2D eigenvalue weighted by Gasteiger charge is 2.45. The largest absolute Gasteiger partial charge is 0.353 e. The number of likely N-dealkylation sites (tertiary alicyclic amines) is 1. The van der Waals surface area contributed by atoms with Gasteiger partial charge in [-0.1, -0.05) is 6.42 Å². The number of hydrogen-bond donors (Lipinski definition) is 2. The minimum absolute atomic E-state index is 0.0623. The molecule has 4 fully saturated rings. The van der Waals surface area contributed by atoms with Crippen molar-refractivity contribution >= 4 is 11.8 Å². The second-order valence-corrected chi connectivity index (χ2v) is 7.29. The summed E-state index contributed by atoms with van der Waals surface area (Å²) in [4.78, 5) is 26.4. The van der Waals surface area contributed by atoms with E-state index in [1.165, 1.54) is 19.3 Å². The van der Waals surface area contributed by atoms with Crippen molar-refractivity contribution in [2.75, 3.05) is 19.6 Å². The quantitative estimate of drug-likeness (QED) is 0.739. The lowest BCUT2D eigenvalue weighted by molar-refractivity contribution is -0.137. The van der Waals surface area contributed by atoms with Crippen molar-refractivity contribution in [3.63, 3.8) is 0 Å². The molecule has 2 N–H and O–H groups in total. The number of piperidine rings is 2. The molecule has 2 amide bonds. The number of carbonyl (C=O) groups excluding carboxylic acids is 2. The Morgan fingerprint density at radius 1 is 1.14 bits per heavy atom. The van der Waals surface area contributed by atoms with E-state index in [0.29, 0.717) is 30.2 Å². The fourth-order valence-corrected chi connectivity index (χ4v) is 4.96. The molecule has 0 radical (unpaired) electrons. The van der Waals surface area contributed by atoms with Crippen molar-refractivity contribution in [2.45, 2.75) is 50.6 Å². The van der Waals surface area contributed by atoms with Gasteiger partial charge in [0.25, 0.3) is 0 Å². The Morgan fingerprint density at radius 3 is 2.95 bits per heavy atom. The van der Waals surface area contributed by atoms with Gasteiger partial charge in [-0.15, -0.1) is 0 Å². The molecule has 3 heterocycles. The number of rotatable bonds is 1. The lowest BCUT2D eigenvalue weighted by atomic mass is 9.84. The number of amides is 2. The van der Waals surface area contributed by atoms with Crippen LogP contribution in [0.15, 0.2) is 0 Å². The summed E-state index contributed by atoms with van der Waals surface area (Å²) in [5, 5.41) is 6.57. The molecule has 3 saturated heterocycles. The number of nitrogens with one attached hydrogen (secondary N) is 2. The van der Waals surface area contributed by atoms with Crippen molar-refractivity contribution < 1.29 is 9.59 Å². The maximum atomic E-state index is 12.9. The smallest absolute Gasteiger partial charge is 0.240 e. The number of nitrogens with zero attached hydrogens (tertiary/aromatic N) is 1. The first kappa shape index (κ1) is 13.6. The molecule has 0 aromatic rings. The van der Waals surface area contributed by atoms with E-state index in [9.17, 15) is 9.59 Å². The minimum atomic E-state index is 0.0623. The molecule has 4 rings (SSSR count). The molecule has 1 saturated carbocycles. The molecule has 3 aliphatic heterocycles. The molecule has 5 heteroatoms. The zero-order chi connectivity index (χ0) is 14.4. The summed E-state index contributed by atoms with van der Waals surface area (Å²) in [6.45, 7) is 2.66. The lowest BCUT2D eigenvalue weighted by Gasteiger charge is -2.42. The summed E-state index contributed by atoms with van der Waals surface area (Å²) < 4.78 is 0. The van der Waals surface area contributed by atoms with Crippen LogP contribution in [-0.2, 0) is 9.59 Å². The summed E-state index contributed by atoms with van der Waals surface area (Å²) in [5.74, 6) is 2.26. The zero-order valence-corrected chi connectivity index (χ0v) is 12.5. The van der Waals surface area contributed by atoms with Crippen LogP contribution in [-0.4, -0.2) is 48.4 Å². The van der Waals surface area contributed by atoms with Crippen LogP contribution in [0, 0.1) is 17.8 Å². The SMILES string of the molecule is O=C1CCC2CN(C(=O)C3NCC4CCCC43)CCC2N1. The van der Waals surface area contributed by atoms with Gasteiger partial charge in [-0.25, -0.2) is 0 Å². The molecule has 5 atom stereocenters. The number of carbonyl (C=O) groups is 2. The Kier molecular flexibility index (Phi) is 3.40. The third kappa shape index (κ3) is 2.35. The Labute approximate surface area is 125 Å². The van der Waals surface area contributed by atoms with Crippen molar-refractivity contribution in [1.29, 1.82) is 0 Å². The van der Waals surface area contributed by atoms with Gasteiger partial charge in [-0.3, -0.25) is 9.59 Å². The molecule has 21 heavy (non-hydrogen) atoms. The molecule has 1 aliphatic carbocycles. The van der Waals surface area contributed by atoms with E-state index in [-0.39, 0.29) is 11.9 Å². The monoisotopic (exact) mass is 291 g/mol. The van der Waals surface area contributed by atoms with E-state index < -0.39 is 0 Å². The topological polar surface area (TPSA) is 61.4 Å². The summed E-state index contributed by atoms with van der Waals surface area (Å²) in [7, 11) is 0. The Bertz CT molecular complexity index is 453. The zero-order valence-electron chi connectivity index (χ0n) is 12.5. The van der Waals surface area contributed by atoms with Gasteiger partial charge in [0.15, 0.2) is 0 Å². The predicted octanol–water partition coefficient (Wildman–Crippen LogP) is 0.502. The van der Waals surface area contributed by atoms with E-state index in [4.69, 9.17) is 0 Å². The van der Waals surface area contributed by atoms with Gasteiger partial charge >= 0.3 is 0 Å². The molecule has 4 aliphatic rings. The van der Waals surface area contributed by atoms with Crippen molar-refractivity contribution in [1.82, 2.24) is 15.5 Å². The van der Waals surface area contributed by atoms with Crippen LogP contribution < -0.4 is 10.6 Å². The second kappa shape index (κ2) is 5.27. The highest BCUT2D eigenvalue weighted by atomic mass is 16.2. The number of hydrogen-bond acceptors (Lipinski definition) is 3. The molecule has 0 bridgehead atoms. The maximum Gasteiger partial charge on any atom is 0.240 e. The maximum absolute atomic E-state index is 12.9. The van der Waals surface area contributed by atoms with Crippen LogP contribution in [0.4, 0.5) is 0 Å². The van der Waals surface area contributed by atoms with Gasteiger partial charge in [-0.2, -0.15) is 0 Å². The fraction of sp³-hybridized carbons (Fsp3) is 0.875. The second-order valence-electron chi connectivity index (χ2n) is 7.29. The van der Waals surface area contributed by atoms with E-state index in [2.05, 4.69) is 15.5 Å². The Hall–Kier alpha value is -1.10. The van der Waals surface area contributed by atoms with Crippen LogP contribution in [0.3, 0.4) is 0 Å². The summed E-state index contributed by atoms with van der Waals surface area (Å²) in [5.41, 5.74) is 0. The van der Waals surface area contributed by atoms with E-state index in [1.807, 2.05) is 0 Å². The van der Waals surface area contributed by atoms with Crippen molar-refractivity contribution in [2.24, 2.45) is 17.8 Å². The molecule has 5 nitrogen and oxygen atoms in total. The van der Waals surface area contributed by atoms with Gasteiger partial charge in [-0.05, 0) is 50.0 Å². The fourth-order valence-electron chi connectivity index (χ4n) is 4.96. The Balaban J connectivity index is 1.40. The van der Waals surface area contributed by atoms with Crippen LogP contribution in [0.1, 0.15) is 38.5 Å². The average molecular weight is 291 g/mol. The van der Waals surface area contributed by atoms with E-state index in [0.717, 1.165) is 38.4 Å². The van der Waals surface area contributed by atoms with Gasteiger partial charge in [0.1, 0.15) is 0 Å². The normalized spacial score (nSPS) is 42.4. The van der Waals surface area contributed by atoms with Crippen LogP contribution in [0.5, 0.6) is 0 Å². The molecule has 0 aromatic heterocycles. The first-order valence-corrected chi connectivity index (χ1v) is 8.54. The average Bonchev–Trinajstić information content (AvgIpc) is 3.08. The highest BCUT2D eigenvalue weighted by molar-refractivity contribution is 5.83. The third-order valence-corrected chi connectivity index (χ3v) is 6.15. The summed E-state index contributed by atoms with van der Waals surface area (Å²) >= 11 is 0. The minimum Gasteiger partial charge on any atom is -0.353 e. The highest BCUT2D eigenvalue weighted by Crippen LogP contribution is 2.38. The predicted molar refractivity (Wildman–Crippen MR) is 78.5 cm³/mol. The van der Waals surface area contributed by atoms with Gasteiger partial charge < -0.3 is 15.5 Å². The van der Waals surface area contributed by atoms with Gasteiger partial charge in [0.05, 0.1) is 6.04 Å². The molecule has 5 unspecified atom stereocenters. The summed E-state index contributed by atoms with van der Waals surface area (Å²) in [6.07, 6.45) is 6.27. The lowest BCUT2D eigenvalue weighted by Crippen LogP contribution is -2.57. The standard InChI is InChI=1S/C16H25N3O2/c20-14-5-4-11-9-19(7-6-13(11)18-14)16(21)15-12-3-1-2-10(12)8-17-15/h10-13,15,17H,1-9H2,(H,18,20).